The molecular weight excluding hydrogens is 204 g/mol. The molecule has 1 aliphatic heterocycles. The molecule has 0 aliphatic carbocycles. The first-order chi connectivity index (χ1) is 7.79. The van der Waals surface area contributed by atoms with Gasteiger partial charge in [-0.25, -0.2) is 0 Å². The van der Waals surface area contributed by atoms with Crippen molar-refractivity contribution < 1.29 is 9.90 Å². The molecule has 1 rings (SSSR count). The van der Waals surface area contributed by atoms with E-state index in [4.69, 9.17) is 5.11 Å². The van der Waals surface area contributed by atoms with Crippen LogP contribution in [0.15, 0.2) is 0 Å². The Bertz CT molecular complexity index is 203. The van der Waals surface area contributed by atoms with Gasteiger partial charge in [0.2, 0.25) is 5.91 Å². The van der Waals surface area contributed by atoms with Crippen LogP contribution < -0.4 is 5.32 Å². The van der Waals surface area contributed by atoms with Crippen molar-refractivity contribution >= 4 is 5.91 Å². The summed E-state index contributed by atoms with van der Waals surface area (Å²) in [4.78, 5) is 13.9. The summed E-state index contributed by atoms with van der Waals surface area (Å²) in [5, 5.41) is 12.2. The van der Waals surface area contributed by atoms with E-state index in [9.17, 15) is 4.79 Å². The molecule has 1 saturated heterocycles. The smallest absolute Gasteiger partial charge is 0.239 e. The third-order valence-electron chi connectivity index (χ3n) is 3.07. The van der Waals surface area contributed by atoms with E-state index in [1.165, 1.54) is 0 Å². The molecule has 0 bridgehead atoms. The van der Waals surface area contributed by atoms with Crippen molar-refractivity contribution in [2.75, 3.05) is 26.2 Å². The minimum absolute atomic E-state index is 0.00632. The van der Waals surface area contributed by atoms with Gasteiger partial charge in [0.05, 0.1) is 12.6 Å². The molecule has 0 radical (unpaired) electrons. The van der Waals surface area contributed by atoms with Crippen molar-refractivity contribution in [3.05, 3.63) is 0 Å². The second-order valence-corrected chi connectivity index (χ2v) is 4.40. The second-order valence-electron chi connectivity index (χ2n) is 4.40. The number of unbranched alkanes of at least 4 members (excludes halogenated alkanes) is 2. The van der Waals surface area contributed by atoms with E-state index in [-0.39, 0.29) is 18.6 Å². The number of aliphatic hydroxyl groups excluding tert-OH is 1. The minimum atomic E-state index is -0.00632. The van der Waals surface area contributed by atoms with Gasteiger partial charge >= 0.3 is 0 Å². The lowest BCUT2D eigenvalue weighted by Crippen LogP contribution is -2.45. The average Bonchev–Trinajstić information content (AvgIpc) is 2.81. The van der Waals surface area contributed by atoms with Crippen LogP contribution in [0.2, 0.25) is 0 Å². The Morgan fingerprint density at radius 2 is 2.25 bits per heavy atom. The van der Waals surface area contributed by atoms with Crippen LogP contribution in [-0.4, -0.2) is 48.2 Å². The average molecular weight is 228 g/mol. The van der Waals surface area contributed by atoms with E-state index in [0.717, 1.165) is 45.2 Å². The molecule has 2 N–H and O–H groups in total. The van der Waals surface area contributed by atoms with E-state index >= 15 is 0 Å². The Kier molecular flexibility index (Phi) is 6.42. The maximum atomic E-state index is 12.1. The summed E-state index contributed by atoms with van der Waals surface area (Å²) >= 11 is 0. The Balaban J connectivity index is 2.37. The normalized spacial score (nSPS) is 20.0. The number of carbonyl (C=O) groups excluding carboxylic acids is 1. The highest BCUT2D eigenvalue weighted by Gasteiger charge is 2.26. The molecular formula is C12H24N2O2. The molecule has 0 aromatic heterocycles. The van der Waals surface area contributed by atoms with Gasteiger partial charge in [-0.3, -0.25) is 4.79 Å². The zero-order chi connectivity index (χ0) is 11.8. The zero-order valence-corrected chi connectivity index (χ0v) is 10.2. The SMILES string of the molecule is CCCCCN(CCO)C(=O)C1CCCN1. The number of nitrogens with zero attached hydrogens (tertiary/aromatic N) is 1. The molecule has 4 heteroatoms. The van der Waals surface area contributed by atoms with Gasteiger partial charge in [-0.2, -0.15) is 0 Å². The summed E-state index contributed by atoms with van der Waals surface area (Å²) in [6.07, 6.45) is 5.36. The molecule has 1 atom stereocenters. The predicted molar refractivity (Wildman–Crippen MR) is 64.2 cm³/mol. The van der Waals surface area contributed by atoms with Crippen LogP contribution in [0.25, 0.3) is 0 Å². The van der Waals surface area contributed by atoms with Crippen molar-refractivity contribution in [2.45, 2.75) is 45.1 Å². The Labute approximate surface area is 98.0 Å². The van der Waals surface area contributed by atoms with E-state index in [1.54, 1.807) is 4.90 Å². The third kappa shape index (κ3) is 4.10. The van der Waals surface area contributed by atoms with Crippen LogP contribution in [0.1, 0.15) is 39.0 Å². The molecule has 1 aliphatic rings. The van der Waals surface area contributed by atoms with Crippen molar-refractivity contribution in [1.29, 1.82) is 0 Å². The maximum absolute atomic E-state index is 12.1. The molecule has 1 heterocycles. The molecule has 4 nitrogen and oxygen atoms in total. The van der Waals surface area contributed by atoms with Gasteiger partial charge in [-0.1, -0.05) is 19.8 Å². The van der Waals surface area contributed by atoms with E-state index in [0.29, 0.717) is 6.54 Å². The third-order valence-corrected chi connectivity index (χ3v) is 3.07. The molecule has 1 unspecified atom stereocenters. The Hall–Kier alpha value is -0.610. The van der Waals surface area contributed by atoms with Crippen molar-refractivity contribution in [1.82, 2.24) is 10.2 Å². The summed E-state index contributed by atoms with van der Waals surface area (Å²) in [5.41, 5.74) is 0. The fraction of sp³-hybridized carbons (Fsp3) is 0.917. The maximum Gasteiger partial charge on any atom is 0.239 e. The highest BCUT2D eigenvalue weighted by atomic mass is 16.3. The summed E-state index contributed by atoms with van der Waals surface area (Å²) in [6, 6.07) is -0.00632. The number of hydrogen-bond acceptors (Lipinski definition) is 3. The van der Waals surface area contributed by atoms with E-state index in [2.05, 4.69) is 12.2 Å². The highest BCUT2D eigenvalue weighted by molar-refractivity contribution is 5.82. The number of rotatable bonds is 7. The summed E-state index contributed by atoms with van der Waals surface area (Å²) in [5.74, 6) is 0.169. The minimum Gasteiger partial charge on any atom is -0.395 e. The fourth-order valence-electron chi connectivity index (χ4n) is 2.12. The lowest BCUT2D eigenvalue weighted by atomic mass is 10.2. The van der Waals surface area contributed by atoms with Gasteiger partial charge in [0.15, 0.2) is 0 Å². The number of carbonyl (C=O) groups is 1. The van der Waals surface area contributed by atoms with Gasteiger partial charge in [0, 0.05) is 13.1 Å². The van der Waals surface area contributed by atoms with Crippen LogP contribution in [0.4, 0.5) is 0 Å². The van der Waals surface area contributed by atoms with Crippen LogP contribution in [-0.2, 0) is 4.79 Å². The topological polar surface area (TPSA) is 52.6 Å². The molecule has 94 valence electrons. The Morgan fingerprint density at radius 3 is 2.81 bits per heavy atom. The highest BCUT2D eigenvalue weighted by Crippen LogP contribution is 2.09. The number of hydrogen-bond donors (Lipinski definition) is 2. The standard InChI is InChI=1S/C12H24N2O2/c1-2-3-4-8-14(9-10-15)12(16)11-6-5-7-13-11/h11,13,15H,2-10H2,1H3. The molecule has 1 amide bonds. The molecule has 0 spiro atoms. The zero-order valence-electron chi connectivity index (χ0n) is 10.2. The molecule has 16 heavy (non-hydrogen) atoms. The largest absolute Gasteiger partial charge is 0.395 e. The van der Waals surface area contributed by atoms with Crippen molar-refractivity contribution in [2.24, 2.45) is 0 Å². The van der Waals surface area contributed by atoms with E-state index < -0.39 is 0 Å². The summed E-state index contributed by atoms with van der Waals surface area (Å²) < 4.78 is 0. The summed E-state index contributed by atoms with van der Waals surface area (Å²) in [6.45, 7) is 4.41. The van der Waals surface area contributed by atoms with Gasteiger partial charge in [0.25, 0.3) is 0 Å². The van der Waals surface area contributed by atoms with Crippen LogP contribution in [0.3, 0.4) is 0 Å². The lowest BCUT2D eigenvalue weighted by Gasteiger charge is -2.25. The number of aliphatic hydroxyl groups is 1. The van der Waals surface area contributed by atoms with Gasteiger partial charge < -0.3 is 15.3 Å². The molecule has 0 aromatic rings. The Morgan fingerprint density at radius 1 is 1.44 bits per heavy atom. The first-order valence-electron chi connectivity index (χ1n) is 6.42. The van der Waals surface area contributed by atoms with E-state index in [1.807, 2.05) is 0 Å². The van der Waals surface area contributed by atoms with Crippen LogP contribution in [0.5, 0.6) is 0 Å². The molecule has 0 aromatic carbocycles. The van der Waals surface area contributed by atoms with Crippen LogP contribution in [0, 0.1) is 0 Å². The number of nitrogens with one attached hydrogen (secondary N) is 1. The van der Waals surface area contributed by atoms with Crippen LogP contribution >= 0.6 is 0 Å². The van der Waals surface area contributed by atoms with Gasteiger partial charge in [-0.05, 0) is 25.8 Å². The number of amides is 1. The molecule has 1 fully saturated rings. The first kappa shape index (κ1) is 13.5. The van der Waals surface area contributed by atoms with Gasteiger partial charge in [0.1, 0.15) is 0 Å². The van der Waals surface area contributed by atoms with Crippen molar-refractivity contribution in [3.63, 3.8) is 0 Å². The quantitative estimate of drug-likeness (QED) is 0.632. The monoisotopic (exact) mass is 228 g/mol. The predicted octanol–water partition coefficient (Wildman–Crippen LogP) is 0.750. The molecule has 0 saturated carbocycles. The first-order valence-corrected chi connectivity index (χ1v) is 6.42. The fourth-order valence-corrected chi connectivity index (χ4v) is 2.12. The lowest BCUT2D eigenvalue weighted by molar-refractivity contribution is -0.133. The second kappa shape index (κ2) is 7.63. The van der Waals surface area contributed by atoms with Gasteiger partial charge in [-0.15, -0.1) is 0 Å². The summed E-state index contributed by atoms with van der Waals surface area (Å²) in [7, 11) is 0. The van der Waals surface area contributed by atoms with Crippen molar-refractivity contribution in [3.8, 4) is 0 Å².